The van der Waals surface area contributed by atoms with E-state index in [4.69, 9.17) is 11.6 Å². The third kappa shape index (κ3) is 3.71. The van der Waals surface area contributed by atoms with Crippen LogP contribution in [0.4, 0.5) is 15.8 Å². The van der Waals surface area contributed by atoms with Crippen LogP contribution < -0.4 is 5.32 Å². The van der Waals surface area contributed by atoms with Gasteiger partial charge in [0.05, 0.1) is 15.6 Å². The molecule has 0 radical (unpaired) electrons. The van der Waals surface area contributed by atoms with Gasteiger partial charge in [0.2, 0.25) is 0 Å². The zero-order chi connectivity index (χ0) is 15.6. The molecule has 1 unspecified atom stereocenters. The lowest BCUT2D eigenvalue weighted by molar-refractivity contribution is -0.384. The van der Waals surface area contributed by atoms with Crippen LogP contribution in [0.2, 0.25) is 5.02 Å². The van der Waals surface area contributed by atoms with Crippen molar-refractivity contribution in [1.82, 2.24) is 0 Å². The minimum absolute atomic E-state index is 0.0183. The molecule has 0 saturated heterocycles. The van der Waals surface area contributed by atoms with Gasteiger partial charge >= 0.3 is 0 Å². The number of nitro benzene ring substituents is 1. The number of non-ortho nitro benzene ring substituents is 1. The molecule has 110 valence electrons. The first-order valence-corrected chi connectivity index (χ1v) is 7.21. The number of nitrogens with zero attached hydrogens (tertiary/aromatic N) is 1. The lowest BCUT2D eigenvalue weighted by atomic mass is 10.1. The highest BCUT2D eigenvalue weighted by Gasteiger charge is 2.13. The van der Waals surface area contributed by atoms with Crippen LogP contribution in [0.1, 0.15) is 18.5 Å². The second-order valence-corrected chi connectivity index (χ2v) is 5.72. The summed E-state index contributed by atoms with van der Waals surface area (Å²) in [5, 5.41) is 14.0. The second-order valence-electron chi connectivity index (χ2n) is 4.46. The van der Waals surface area contributed by atoms with Gasteiger partial charge in [-0.25, -0.2) is 4.39 Å². The van der Waals surface area contributed by atoms with Gasteiger partial charge in [0.1, 0.15) is 5.82 Å². The first-order valence-electron chi connectivity index (χ1n) is 6.04. The fourth-order valence-corrected chi connectivity index (χ4v) is 2.31. The van der Waals surface area contributed by atoms with Crippen molar-refractivity contribution < 1.29 is 9.31 Å². The van der Waals surface area contributed by atoms with Crippen LogP contribution in [0.3, 0.4) is 0 Å². The third-order valence-electron chi connectivity index (χ3n) is 2.98. The van der Waals surface area contributed by atoms with E-state index < -0.39 is 10.7 Å². The molecule has 0 aliphatic rings. The maximum Gasteiger partial charge on any atom is 0.271 e. The Balaban J connectivity index is 2.26. The normalized spacial score (nSPS) is 12.0. The number of rotatable bonds is 4. The molecule has 0 aromatic heterocycles. The summed E-state index contributed by atoms with van der Waals surface area (Å²) in [4.78, 5) is 10.3. The van der Waals surface area contributed by atoms with Gasteiger partial charge in [0.15, 0.2) is 0 Å². The smallest absolute Gasteiger partial charge is 0.271 e. The monoisotopic (exact) mass is 372 g/mol. The minimum Gasteiger partial charge on any atom is -0.377 e. The summed E-state index contributed by atoms with van der Waals surface area (Å²) in [5.74, 6) is -0.499. The Labute approximate surface area is 134 Å². The van der Waals surface area contributed by atoms with Crippen LogP contribution in [-0.2, 0) is 0 Å². The molecule has 0 spiro atoms. The van der Waals surface area contributed by atoms with Crippen molar-refractivity contribution in [3.63, 3.8) is 0 Å². The molecule has 0 aliphatic heterocycles. The molecule has 0 fully saturated rings. The van der Waals surface area contributed by atoms with Crippen molar-refractivity contribution in [3.05, 3.63) is 67.4 Å². The van der Waals surface area contributed by atoms with E-state index in [1.807, 2.05) is 6.92 Å². The van der Waals surface area contributed by atoms with E-state index in [-0.39, 0.29) is 16.8 Å². The molecular formula is C14H11BrClFN2O2. The first kappa shape index (κ1) is 15.7. The summed E-state index contributed by atoms with van der Waals surface area (Å²) in [7, 11) is 0. The van der Waals surface area contributed by atoms with Gasteiger partial charge in [-0.1, -0.05) is 17.7 Å². The maximum atomic E-state index is 13.5. The molecule has 0 aliphatic carbocycles. The van der Waals surface area contributed by atoms with E-state index in [0.29, 0.717) is 15.7 Å². The van der Waals surface area contributed by atoms with Crippen molar-refractivity contribution in [2.75, 3.05) is 5.32 Å². The van der Waals surface area contributed by atoms with Crippen LogP contribution >= 0.6 is 27.5 Å². The highest BCUT2D eigenvalue weighted by atomic mass is 79.9. The number of hydrogen-bond acceptors (Lipinski definition) is 3. The molecule has 2 aromatic rings. The second kappa shape index (κ2) is 6.41. The molecule has 2 aromatic carbocycles. The molecule has 2 rings (SSSR count). The van der Waals surface area contributed by atoms with Crippen LogP contribution in [0.25, 0.3) is 0 Å². The molecule has 21 heavy (non-hydrogen) atoms. The van der Waals surface area contributed by atoms with Crippen molar-refractivity contribution in [2.45, 2.75) is 13.0 Å². The summed E-state index contributed by atoms with van der Waals surface area (Å²) >= 11 is 8.97. The Hall–Kier alpha value is -1.66. The lowest BCUT2D eigenvalue weighted by Crippen LogP contribution is -2.07. The maximum absolute atomic E-state index is 13.5. The fraction of sp³-hybridized carbons (Fsp3) is 0.143. The Morgan fingerprint density at radius 1 is 1.33 bits per heavy atom. The SMILES string of the molecule is CC(Nc1cc([N+](=O)[O-])ccc1Br)c1ccc(Cl)c(F)c1. The van der Waals surface area contributed by atoms with Gasteiger partial charge in [-0.2, -0.15) is 0 Å². The van der Waals surface area contributed by atoms with E-state index in [2.05, 4.69) is 21.2 Å². The van der Waals surface area contributed by atoms with Gasteiger partial charge in [-0.15, -0.1) is 0 Å². The fourth-order valence-electron chi connectivity index (χ4n) is 1.84. The van der Waals surface area contributed by atoms with Crippen LogP contribution in [0, 0.1) is 15.9 Å². The minimum atomic E-state index is -0.499. The van der Waals surface area contributed by atoms with Crippen molar-refractivity contribution in [2.24, 2.45) is 0 Å². The van der Waals surface area contributed by atoms with E-state index in [1.54, 1.807) is 12.1 Å². The number of halogens is 3. The van der Waals surface area contributed by atoms with E-state index in [0.717, 1.165) is 0 Å². The molecular weight excluding hydrogens is 363 g/mol. The van der Waals surface area contributed by atoms with Crippen molar-refractivity contribution in [1.29, 1.82) is 0 Å². The summed E-state index contributed by atoms with van der Waals surface area (Å²) in [6, 6.07) is 8.70. The largest absolute Gasteiger partial charge is 0.377 e. The Morgan fingerprint density at radius 3 is 2.67 bits per heavy atom. The van der Waals surface area contributed by atoms with E-state index >= 15 is 0 Å². The summed E-state index contributed by atoms with van der Waals surface area (Å²) in [6.07, 6.45) is 0. The number of nitro groups is 1. The van der Waals surface area contributed by atoms with Gasteiger partial charge in [0.25, 0.3) is 5.69 Å². The van der Waals surface area contributed by atoms with Crippen LogP contribution in [0.15, 0.2) is 40.9 Å². The molecule has 1 N–H and O–H groups in total. The quantitative estimate of drug-likeness (QED) is 0.582. The van der Waals surface area contributed by atoms with Gasteiger partial charge < -0.3 is 5.32 Å². The van der Waals surface area contributed by atoms with Gasteiger partial charge in [-0.05, 0) is 46.6 Å². The number of benzene rings is 2. The molecule has 1 atom stereocenters. The number of anilines is 1. The zero-order valence-corrected chi connectivity index (χ0v) is 13.3. The first-order chi connectivity index (χ1) is 9.88. The predicted octanol–water partition coefficient (Wildman–Crippen LogP) is 5.32. The molecule has 0 amide bonds. The van der Waals surface area contributed by atoms with Crippen molar-refractivity contribution in [3.8, 4) is 0 Å². The molecule has 7 heteroatoms. The molecule has 0 saturated carbocycles. The number of nitrogens with one attached hydrogen (secondary N) is 1. The summed E-state index contributed by atoms with van der Waals surface area (Å²) in [6.45, 7) is 1.83. The summed E-state index contributed by atoms with van der Waals surface area (Å²) < 4.78 is 14.2. The Kier molecular flexibility index (Phi) is 4.80. The third-order valence-corrected chi connectivity index (χ3v) is 3.97. The molecule has 0 bridgehead atoms. The molecule has 4 nitrogen and oxygen atoms in total. The van der Waals surface area contributed by atoms with E-state index in [9.17, 15) is 14.5 Å². The average molecular weight is 374 g/mol. The van der Waals surface area contributed by atoms with Gasteiger partial charge in [0, 0.05) is 22.6 Å². The highest BCUT2D eigenvalue weighted by Crippen LogP contribution is 2.30. The lowest BCUT2D eigenvalue weighted by Gasteiger charge is -2.17. The number of hydrogen-bond donors (Lipinski definition) is 1. The average Bonchev–Trinajstić information content (AvgIpc) is 2.43. The molecule has 0 heterocycles. The summed E-state index contributed by atoms with van der Waals surface area (Å²) in [5.41, 5.74) is 1.23. The van der Waals surface area contributed by atoms with Crippen molar-refractivity contribution >= 4 is 38.9 Å². The standard InChI is InChI=1S/C14H11BrClFN2O2/c1-8(9-2-5-12(16)13(17)6-9)18-14-7-10(19(20)21)3-4-11(14)15/h2-8,18H,1H3. The Bertz CT molecular complexity index is 697. The van der Waals surface area contributed by atoms with Crippen LogP contribution in [0.5, 0.6) is 0 Å². The van der Waals surface area contributed by atoms with Gasteiger partial charge in [-0.3, -0.25) is 10.1 Å². The highest BCUT2D eigenvalue weighted by molar-refractivity contribution is 9.10. The predicted molar refractivity (Wildman–Crippen MR) is 84.2 cm³/mol. The van der Waals surface area contributed by atoms with Crippen LogP contribution in [-0.4, -0.2) is 4.92 Å². The topological polar surface area (TPSA) is 55.2 Å². The Morgan fingerprint density at radius 2 is 2.05 bits per heavy atom. The zero-order valence-electron chi connectivity index (χ0n) is 10.9. The van der Waals surface area contributed by atoms with E-state index in [1.165, 1.54) is 24.3 Å².